The fraction of sp³-hybridized carbons (Fsp3) is 0.273. The summed E-state index contributed by atoms with van der Waals surface area (Å²) in [4.78, 5) is 15.9. The van der Waals surface area contributed by atoms with Gasteiger partial charge in [0.25, 0.3) is 6.43 Å². The number of halogens is 2. The Morgan fingerprint density at radius 2 is 2.28 bits per heavy atom. The summed E-state index contributed by atoms with van der Waals surface area (Å²) in [5.41, 5.74) is 5.67. The third kappa shape index (κ3) is 2.13. The number of ether oxygens (including phenoxy) is 1. The largest absolute Gasteiger partial charge is 0.462 e. The third-order valence-corrected chi connectivity index (χ3v) is 3.40. The second-order valence-corrected chi connectivity index (χ2v) is 4.45. The number of hydrogen-bond donors (Lipinski definition) is 1. The lowest BCUT2D eigenvalue weighted by Crippen LogP contribution is -2.04. The zero-order valence-corrected chi connectivity index (χ0v) is 10.3. The number of rotatable bonds is 3. The Balaban J connectivity index is 2.52. The maximum absolute atomic E-state index is 12.5. The van der Waals surface area contributed by atoms with E-state index in [4.69, 9.17) is 10.5 Å². The van der Waals surface area contributed by atoms with Gasteiger partial charge in [0.2, 0.25) is 0 Å². The van der Waals surface area contributed by atoms with Gasteiger partial charge in [0.05, 0.1) is 12.3 Å². The molecule has 2 N–H and O–H groups in total. The molecule has 0 bridgehead atoms. The number of anilines is 1. The summed E-state index contributed by atoms with van der Waals surface area (Å²) in [5.74, 6) is -0.559. The van der Waals surface area contributed by atoms with Crippen LogP contribution in [0, 0.1) is 0 Å². The predicted octanol–water partition coefficient (Wildman–Crippen LogP) is 2.99. The molecule has 0 aliphatic carbocycles. The maximum atomic E-state index is 12.5. The second-order valence-electron chi connectivity index (χ2n) is 3.45. The standard InChI is InChI=1S/C11H10F2N2O2S/c1-2-17-11(16)8-7(14)5-3-4-6(9(12)13)15-10(5)18-8/h3-4,9H,2,14H2,1H3. The molecule has 4 nitrogen and oxygen atoms in total. The normalized spacial score (nSPS) is 11.1. The van der Waals surface area contributed by atoms with Crippen molar-refractivity contribution >= 4 is 33.2 Å². The first-order chi connectivity index (χ1) is 8.54. The predicted molar refractivity (Wildman–Crippen MR) is 64.9 cm³/mol. The highest BCUT2D eigenvalue weighted by atomic mass is 32.1. The molecule has 0 aromatic carbocycles. The van der Waals surface area contributed by atoms with E-state index in [0.29, 0.717) is 10.2 Å². The summed E-state index contributed by atoms with van der Waals surface area (Å²) in [6.07, 6.45) is -2.65. The summed E-state index contributed by atoms with van der Waals surface area (Å²) in [6, 6.07) is 2.64. The first-order valence-electron chi connectivity index (χ1n) is 5.18. The molecule has 18 heavy (non-hydrogen) atoms. The SMILES string of the molecule is CCOC(=O)c1sc2nc(C(F)F)ccc2c1N. The number of nitrogens with two attached hydrogens (primary N) is 1. The van der Waals surface area contributed by atoms with Crippen LogP contribution in [-0.2, 0) is 4.74 Å². The summed E-state index contributed by atoms with van der Waals surface area (Å²) in [6.45, 7) is 1.90. The number of alkyl halides is 2. The van der Waals surface area contributed by atoms with Crippen molar-refractivity contribution < 1.29 is 18.3 Å². The Kier molecular flexibility index (Phi) is 3.42. The molecule has 2 aromatic rings. The molecular formula is C11H10F2N2O2S. The van der Waals surface area contributed by atoms with E-state index >= 15 is 0 Å². The second kappa shape index (κ2) is 4.85. The molecule has 2 aromatic heterocycles. The first-order valence-corrected chi connectivity index (χ1v) is 6.00. The molecule has 0 amide bonds. The molecular weight excluding hydrogens is 262 g/mol. The van der Waals surface area contributed by atoms with E-state index in [9.17, 15) is 13.6 Å². The van der Waals surface area contributed by atoms with E-state index in [0.717, 1.165) is 11.3 Å². The van der Waals surface area contributed by atoms with Crippen molar-refractivity contribution in [3.8, 4) is 0 Å². The molecule has 0 spiro atoms. The number of hydrogen-bond acceptors (Lipinski definition) is 5. The van der Waals surface area contributed by atoms with Gasteiger partial charge in [-0.1, -0.05) is 0 Å². The van der Waals surface area contributed by atoms with Crippen LogP contribution in [0.25, 0.3) is 10.2 Å². The van der Waals surface area contributed by atoms with Crippen LogP contribution in [-0.4, -0.2) is 17.6 Å². The summed E-state index contributed by atoms with van der Waals surface area (Å²) >= 11 is 0.960. The number of carbonyl (C=O) groups is 1. The molecule has 0 atom stereocenters. The molecule has 2 heterocycles. The highest BCUT2D eigenvalue weighted by molar-refractivity contribution is 7.21. The van der Waals surface area contributed by atoms with Crippen molar-refractivity contribution in [1.82, 2.24) is 4.98 Å². The van der Waals surface area contributed by atoms with Crippen molar-refractivity contribution in [1.29, 1.82) is 0 Å². The van der Waals surface area contributed by atoms with E-state index in [-0.39, 0.29) is 22.9 Å². The van der Waals surface area contributed by atoms with Gasteiger partial charge in [0.15, 0.2) is 0 Å². The van der Waals surface area contributed by atoms with Gasteiger partial charge >= 0.3 is 5.97 Å². The Bertz CT molecular complexity index is 598. The summed E-state index contributed by atoms with van der Waals surface area (Å²) in [7, 11) is 0. The van der Waals surface area contributed by atoms with Gasteiger partial charge in [-0.2, -0.15) is 0 Å². The van der Waals surface area contributed by atoms with E-state index in [2.05, 4.69) is 4.98 Å². The minimum atomic E-state index is -2.65. The van der Waals surface area contributed by atoms with Gasteiger partial charge in [0, 0.05) is 5.39 Å². The number of nitrogen functional groups attached to an aromatic ring is 1. The lowest BCUT2D eigenvalue weighted by atomic mass is 10.2. The Morgan fingerprint density at radius 3 is 2.89 bits per heavy atom. The van der Waals surface area contributed by atoms with Crippen LogP contribution in [0.1, 0.15) is 28.7 Å². The molecule has 0 saturated heterocycles. The lowest BCUT2D eigenvalue weighted by molar-refractivity contribution is 0.0533. The number of aromatic nitrogens is 1. The molecule has 0 aliphatic rings. The average molecular weight is 272 g/mol. The quantitative estimate of drug-likeness (QED) is 0.872. The molecule has 0 saturated carbocycles. The van der Waals surface area contributed by atoms with Crippen LogP contribution in [0.2, 0.25) is 0 Å². The molecule has 7 heteroatoms. The van der Waals surface area contributed by atoms with E-state index in [1.54, 1.807) is 6.92 Å². The van der Waals surface area contributed by atoms with Gasteiger partial charge in [-0.15, -0.1) is 11.3 Å². The fourth-order valence-corrected chi connectivity index (χ4v) is 2.48. The van der Waals surface area contributed by atoms with Crippen LogP contribution in [0.4, 0.5) is 14.5 Å². The van der Waals surface area contributed by atoms with Gasteiger partial charge in [0.1, 0.15) is 15.4 Å². The maximum Gasteiger partial charge on any atom is 0.350 e. The summed E-state index contributed by atoms with van der Waals surface area (Å²) < 4.78 is 29.8. The average Bonchev–Trinajstić information content (AvgIpc) is 2.66. The van der Waals surface area contributed by atoms with Crippen molar-refractivity contribution in [3.05, 3.63) is 22.7 Å². The van der Waals surface area contributed by atoms with Gasteiger partial charge < -0.3 is 10.5 Å². The number of nitrogens with zero attached hydrogens (tertiary/aromatic N) is 1. The fourth-order valence-electron chi connectivity index (χ4n) is 1.48. The molecule has 0 fully saturated rings. The Morgan fingerprint density at radius 1 is 1.56 bits per heavy atom. The monoisotopic (exact) mass is 272 g/mol. The molecule has 2 rings (SSSR count). The van der Waals surface area contributed by atoms with Crippen molar-refractivity contribution in [2.24, 2.45) is 0 Å². The van der Waals surface area contributed by atoms with E-state index in [1.165, 1.54) is 12.1 Å². The zero-order valence-electron chi connectivity index (χ0n) is 9.44. The van der Waals surface area contributed by atoms with E-state index in [1.807, 2.05) is 0 Å². The summed E-state index contributed by atoms with van der Waals surface area (Å²) in [5, 5.41) is 0.493. The highest BCUT2D eigenvalue weighted by Gasteiger charge is 2.19. The Hall–Kier alpha value is -1.76. The molecule has 96 valence electrons. The van der Waals surface area contributed by atoms with Gasteiger partial charge in [-0.05, 0) is 19.1 Å². The molecule has 0 aliphatic heterocycles. The smallest absolute Gasteiger partial charge is 0.350 e. The third-order valence-electron chi connectivity index (χ3n) is 2.30. The molecule has 0 unspecified atom stereocenters. The highest BCUT2D eigenvalue weighted by Crippen LogP contribution is 2.34. The van der Waals surface area contributed by atoms with Crippen LogP contribution >= 0.6 is 11.3 Å². The van der Waals surface area contributed by atoms with Gasteiger partial charge in [-0.25, -0.2) is 18.6 Å². The van der Waals surface area contributed by atoms with Crippen LogP contribution in [0.5, 0.6) is 0 Å². The van der Waals surface area contributed by atoms with E-state index < -0.39 is 12.4 Å². The van der Waals surface area contributed by atoms with Crippen molar-refractivity contribution in [2.75, 3.05) is 12.3 Å². The van der Waals surface area contributed by atoms with Crippen molar-refractivity contribution in [2.45, 2.75) is 13.3 Å². The Labute approximate surface area is 105 Å². The lowest BCUT2D eigenvalue weighted by Gasteiger charge is -1.99. The minimum Gasteiger partial charge on any atom is -0.462 e. The minimum absolute atomic E-state index is 0.200. The van der Waals surface area contributed by atoms with Gasteiger partial charge in [-0.3, -0.25) is 0 Å². The number of fused-ring (bicyclic) bond motifs is 1. The topological polar surface area (TPSA) is 65.2 Å². The number of carbonyl (C=O) groups excluding carboxylic acids is 1. The number of thiophene rings is 1. The number of esters is 1. The zero-order chi connectivity index (χ0) is 13.3. The number of pyridine rings is 1. The van der Waals surface area contributed by atoms with Crippen molar-refractivity contribution in [3.63, 3.8) is 0 Å². The molecule has 0 radical (unpaired) electrons. The van der Waals surface area contributed by atoms with Crippen LogP contribution in [0.3, 0.4) is 0 Å². The van der Waals surface area contributed by atoms with Crippen LogP contribution in [0.15, 0.2) is 12.1 Å². The first kappa shape index (κ1) is 12.7. The van der Waals surface area contributed by atoms with Crippen LogP contribution < -0.4 is 5.73 Å².